The average Bonchev–Trinajstić information content (AvgIpc) is 1.85. The molecule has 0 aliphatic rings. The van der Waals surface area contributed by atoms with Crippen molar-refractivity contribution in [1.29, 1.82) is 0 Å². The van der Waals surface area contributed by atoms with Crippen LogP contribution in [0.25, 0.3) is 0 Å². The van der Waals surface area contributed by atoms with E-state index in [0.29, 0.717) is 0 Å². The number of rotatable bonds is 0. The number of hydrogen-bond donors (Lipinski definition) is 1. The summed E-state index contributed by atoms with van der Waals surface area (Å²) in [5.41, 5.74) is 0. The van der Waals surface area contributed by atoms with Crippen LogP contribution in [0, 0.1) is 12.0 Å². The van der Waals surface area contributed by atoms with E-state index >= 15 is 0 Å². The Morgan fingerprint density at radius 1 is 1.50 bits per heavy atom. The Balaban J connectivity index is 3.35. The zero-order chi connectivity index (χ0) is 6.15. The molecule has 0 aliphatic heterocycles. The molecule has 1 aromatic rings. The molecule has 0 fully saturated rings. The molecule has 5 heteroatoms. The van der Waals surface area contributed by atoms with Crippen molar-refractivity contribution in [3.8, 4) is 0 Å². The fraction of sp³-hybridized carbons (Fsp3) is 0. The minimum absolute atomic E-state index is 1.12. The van der Waals surface area contributed by atoms with Gasteiger partial charge in [-0.15, -0.1) is 0 Å². The standard InChI is InChI=1S/C3HF2NO2/c4-1-2(5)8-3(7)6-1/h(H,6,7). The molecule has 1 N–H and O–H groups in total. The van der Waals surface area contributed by atoms with Gasteiger partial charge in [-0.25, -0.2) is 4.79 Å². The van der Waals surface area contributed by atoms with Crippen LogP contribution in [-0.4, -0.2) is 4.98 Å². The first-order valence-electron chi connectivity index (χ1n) is 1.74. The summed E-state index contributed by atoms with van der Waals surface area (Å²) in [7, 11) is 0. The highest BCUT2D eigenvalue weighted by atomic mass is 19.2. The van der Waals surface area contributed by atoms with E-state index in [9.17, 15) is 13.6 Å². The summed E-state index contributed by atoms with van der Waals surface area (Å²) in [5, 5.41) is 0. The molecule has 0 aromatic carbocycles. The summed E-state index contributed by atoms with van der Waals surface area (Å²) < 4.78 is 26.7. The number of aromatic amines is 1. The second-order valence-corrected chi connectivity index (χ2v) is 1.10. The van der Waals surface area contributed by atoms with Crippen LogP contribution in [0.5, 0.6) is 0 Å². The molecule has 0 unspecified atom stereocenters. The van der Waals surface area contributed by atoms with E-state index in [0.717, 1.165) is 0 Å². The van der Waals surface area contributed by atoms with Crippen LogP contribution >= 0.6 is 0 Å². The molecule has 44 valence electrons. The first-order chi connectivity index (χ1) is 3.70. The number of nitrogens with one attached hydrogen (secondary N) is 1. The minimum Gasteiger partial charge on any atom is -0.378 e. The van der Waals surface area contributed by atoms with E-state index in [2.05, 4.69) is 4.42 Å². The topological polar surface area (TPSA) is 46.0 Å². The van der Waals surface area contributed by atoms with Gasteiger partial charge in [-0.05, 0) is 0 Å². The number of hydrogen-bond acceptors (Lipinski definition) is 2. The maximum atomic E-state index is 11.6. The molecule has 1 heterocycles. The quantitative estimate of drug-likeness (QED) is 0.534. The van der Waals surface area contributed by atoms with Gasteiger partial charge in [0.25, 0.3) is 5.95 Å². The van der Waals surface area contributed by atoms with Gasteiger partial charge in [-0.3, -0.25) is 4.98 Å². The summed E-state index contributed by atoms with van der Waals surface area (Å²) in [6, 6.07) is -1.50. The number of H-pyrrole nitrogens is 1. The smallest absolute Gasteiger partial charge is 0.378 e. The van der Waals surface area contributed by atoms with Crippen LogP contribution in [0.4, 0.5) is 8.78 Å². The second-order valence-electron chi connectivity index (χ2n) is 1.10. The Morgan fingerprint density at radius 2 is 2.12 bits per heavy atom. The zero-order valence-corrected chi connectivity index (χ0v) is 3.57. The molecule has 0 radical (unpaired) electrons. The van der Waals surface area contributed by atoms with Gasteiger partial charge < -0.3 is 4.42 Å². The number of halogens is 2. The van der Waals surface area contributed by atoms with Crippen LogP contribution in [0.15, 0.2) is 9.21 Å². The molecule has 0 saturated heterocycles. The van der Waals surface area contributed by atoms with Crippen molar-refractivity contribution in [2.24, 2.45) is 0 Å². The van der Waals surface area contributed by atoms with Gasteiger partial charge in [-0.2, -0.15) is 8.78 Å². The third kappa shape index (κ3) is 0.617. The van der Waals surface area contributed by atoms with Crippen LogP contribution in [0.1, 0.15) is 0 Å². The molecule has 8 heavy (non-hydrogen) atoms. The van der Waals surface area contributed by atoms with Crippen molar-refractivity contribution in [1.82, 2.24) is 4.98 Å². The predicted molar refractivity (Wildman–Crippen MR) is 19.2 cm³/mol. The lowest BCUT2D eigenvalue weighted by Gasteiger charge is -1.67. The fourth-order valence-electron chi connectivity index (χ4n) is 0.290. The van der Waals surface area contributed by atoms with Crippen LogP contribution in [-0.2, 0) is 0 Å². The number of aromatic nitrogens is 1. The molecule has 1 aromatic heterocycles. The molecule has 0 amide bonds. The normalized spacial score (nSPS) is 9.75. The van der Waals surface area contributed by atoms with Crippen molar-refractivity contribution in [2.75, 3.05) is 0 Å². The third-order valence-corrected chi connectivity index (χ3v) is 0.567. The Kier molecular flexibility index (Phi) is 0.896. The molecule has 0 aliphatic carbocycles. The second kappa shape index (κ2) is 1.43. The molecule has 1 rings (SSSR count). The lowest BCUT2D eigenvalue weighted by Crippen LogP contribution is -1.94. The highest BCUT2D eigenvalue weighted by Crippen LogP contribution is 1.94. The summed E-state index contributed by atoms with van der Waals surface area (Å²) >= 11 is 0. The van der Waals surface area contributed by atoms with Crippen LogP contribution < -0.4 is 5.76 Å². The Hall–Kier alpha value is -1.13. The van der Waals surface area contributed by atoms with Gasteiger partial charge in [0.2, 0.25) is 0 Å². The SMILES string of the molecule is O=c1[nH]c(F)c(F)o1. The molecular formula is C3HF2NO2. The predicted octanol–water partition coefficient (Wildman–Crippen LogP) is 0.246. The van der Waals surface area contributed by atoms with Gasteiger partial charge in [0.15, 0.2) is 0 Å². The fourth-order valence-corrected chi connectivity index (χ4v) is 0.290. The van der Waals surface area contributed by atoms with Crippen LogP contribution in [0.3, 0.4) is 0 Å². The van der Waals surface area contributed by atoms with E-state index in [1.807, 2.05) is 0 Å². The summed E-state index contributed by atoms with van der Waals surface area (Å²) in [6.45, 7) is 0. The Bertz CT molecular complexity index is 215. The zero-order valence-electron chi connectivity index (χ0n) is 3.57. The van der Waals surface area contributed by atoms with Gasteiger partial charge in [0, 0.05) is 0 Å². The lowest BCUT2D eigenvalue weighted by atomic mass is 10.9. The van der Waals surface area contributed by atoms with Crippen molar-refractivity contribution in [3.63, 3.8) is 0 Å². The van der Waals surface area contributed by atoms with E-state index < -0.39 is 17.7 Å². The maximum Gasteiger partial charge on any atom is 0.421 e. The van der Waals surface area contributed by atoms with Crippen molar-refractivity contribution in [2.45, 2.75) is 0 Å². The van der Waals surface area contributed by atoms with Crippen molar-refractivity contribution >= 4 is 0 Å². The molecule has 0 atom stereocenters. The average molecular weight is 121 g/mol. The summed E-state index contributed by atoms with van der Waals surface area (Å²) in [5.74, 6) is -2.49. The molecule has 0 spiro atoms. The summed E-state index contributed by atoms with van der Waals surface area (Å²) in [4.78, 5) is 11.3. The summed E-state index contributed by atoms with van der Waals surface area (Å²) in [6.07, 6.45) is 0. The van der Waals surface area contributed by atoms with Crippen molar-refractivity contribution in [3.05, 3.63) is 22.5 Å². The lowest BCUT2D eigenvalue weighted by molar-refractivity contribution is 0.313. The van der Waals surface area contributed by atoms with Crippen LogP contribution in [0.2, 0.25) is 0 Å². The van der Waals surface area contributed by atoms with Gasteiger partial charge >= 0.3 is 11.8 Å². The largest absolute Gasteiger partial charge is 0.421 e. The maximum absolute atomic E-state index is 11.6. The number of oxazole rings is 1. The van der Waals surface area contributed by atoms with Gasteiger partial charge in [-0.1, -0.05) is 0 Å². The van der Waals surface area contributed by atoms with Gasteiger partial charge in [0.1, 0.15) is 0 Å². The highest BCUT2D eigenvalue weighted by Gasteiger charge is 2.05. The van der Waals surface area contributed by atoms with E-state index in [1.54, 1.807) is 0 Å². The first kappa shape index (κ1) is 5.02. The highest BCUT2D eigenvalue weighted by molar-refractivity contribution is 4.71. The monoisotopic (exact) mass is 121 g/mol. The van der Waals surface area contributed by atoms with E-state index in [4.69, 9.17) is 0 Å². The Morgan fingerprint density at radius 3 is 2.25 bits per heavy atom. The molecule has 0 bridgehead atoms. The minimum atomic E-state index is -1.50. The van der Waals surface area contributed by atoms with E-state index in [-0.39, 0.29) is 0 Å². The van der Waals surface area contributed by atoms with Gasteiger partial charge in [0.05, 0.1) is 0 Å². The van der Waals surface area contributed by atoms with Crippen molar-refractivity contribution < 1.29 is 13.2 Å². The third-order valence-electron chi connectivity index (χ3n) is 0.567. The van der Waals surface area contributed by atoms with E-state index in [1.165, 1.54) is 4.98 Å². The first-order valence-corrected chi connectivity index (χ1v) is 1.74. The molecular weight excluding hydrogens is 120 g/mol. The molecule has 3 nitrogen and oxygen atoms in total. The molecule has 0 saturated carbocycles. The Labute approximate surface area is 41.9 Å².